The Balaban J connectivity index is 2.17. The molecule has 9 heteroatoms. The van der Waals surface area contributed by atoms with Crippen molar-refractivity contribution in [1.82, 2.24) is 5.43 Å². The number of nitriles is 1. The standard InChI is InChI=1S/C14H11N5O3S/c1-8-10(6-15)13(16)23-12(8)14(20)18-17-7-9-4-2-3-5-11(9)19(21)22/h2-5,7H,16H2,1H3,(H,18,20). The van der Waals surface area contributed by atoms with Crippen molar-refractivity contribution in [3.8, 4) is 6.07 Å². The molecule has 0 aliphatic heterocycles. The number of carbonyl (C=O) groups is 1. The van der Waals surface area contributed by atoms with E-state index in [1.54, 1.807) is 13.0 Å². The fraction of sp³-hybridized carbons (Fsp3) is 0.0714. The molecule has 0 fully saturated rings. The van der Waals surface area contributed by atoms with Gasteiger partial charge in [0.25, 0.3) is 11.6 Å². The molecular weight excluding hydrogens is 318 g/mol. The van der Waals surface area contributed by atoms with Crippen LogP contribution >= 0.6 is 11.3 Å². The lowest BCUT2D eigenvalue weighted by atomic mass is 10.2. The van der Waals surface area contributed by atoms with Gasteiger partial charge >= 0.3 is 0 Å². The van der Waals surface area contributed by atoms with Gasteiger partial charge in [0.2, 0.25) is 0 Å². The number of carbonyl (C=O) groups excluding carboxylic acids is 1. The molecule has 0 saturated carbocycles. The molecule has 0 aliphatic carbocycles. The maximum absolute atomic E-state index is 12.0. The van der Waals surface area contributed by atoms with Gasteiger partial charge in [-0.2, -0.15) is 10.4 Å². The van der Waals surface area contributed by atoms with Gasteiger partial charge in [0.15, 0.2) is 0 Å². The van der Waals surface area contributed by atoms with Crippen molar-refractivity contribution >= 4 is 34.1 Å². The fourth-order valence-corrected chi connectivity index (χ4v) is 2.78. The van der Waals surface area contributed by atoms with Crippen LogP contribution in [0.5, 0.6) is 0 Å². The summed E-state index contributed by atoms with van der Waals surface area (Å²) in [7, 11) is 0. The quantitative estimate of drug-likeness (QED) is 0.503. The van der Waals surface area contributed by atoms with Crippen LogP contribution in [0.1, 0.15) is 26.4 Å². The second kappa shape index (κ2) is 6.67. The first-order valence-corrected chi connectivity index (χ1v) is 7.13. The molecule has 0 atom stereocenters. The Morgan fingerprint density at radius 3 is 2.83 bits per heavy atom. The lowest BCUT2D eigenvalue weighted by Gasteiger charge is -1.99. The molecule has 0 bridgehead atoms. The Bertz CT molecular complexity index is 851. The summed E-state index contributed by atoms with van der Waals surface area (Å²) in [6, 6.07) is 7.94. The second-order valence-electron chi connectivity index (χ2n) is 4.42. The fourth-order valence-electron chi connectivity index (χ4n) is 1.87. The summed E-state index contributed by atoms with van der Waals surface area (Å²) in [6.45, 7) is 1.62. The number of rotatable bonds is 4. The molecule has 0 aliphatic rings. The van der Waals surface area contributed by atoms with Crippen molar-refractivity contribution in [2.45, 2.75) is 6.92 Å². The zero-order chi connectivity index (χ0) is 17.0. The highest BCUT2D eigenvalue weighted by molar-refractivity contribution is 7.18. The summed E-state index contributed by atoms with van der Waals surface area (Å²) in [5, 5.41) is 23.8. The Kier molecular flexibility index (Phi) is 4.68. The third-order valence-corrected chi connectivity index (χ3v) is 4.11. The van der Waals surface area contributed by atoms with E-state index in [1.165, 1.54) is 24.4 Å². The van der Waals surface area contributed by atoms with E-state index in [0.29, 0.717) is 5.56 Å². The van der Waals surface area contributed by atoms with E-state index in [4.69, 9.17) is 11.0 Å². The molecule has 8 nitrogen and oxygen atoms in total. The summed E-state index contributed by atoms with van der Waals surface area (Å²) >= 11 is 0.989. The predicted molar refractivity (Wildman–Crippen MR) is 86.3 cm³/mol. The van der Waals surface area contributed by atoms with Crippen LogP contribution in [0.3, 0.4) is 0 Å². The number of hydrazone groups is 1. The van der Waals surface area contributed by atoms with Crippen LogP contribution in [0.4, 0.5) is 10.7 Å². The number of nitrogens with one attached hydrogen (secondary N) is 1. The number of nitrogen functional groups attached to an aromatic ring is 1. The number of nitro benzene ring substituents is 1. The van der Waals surface area contributed by atoms with E-state index in [9.17, 15) is 14.9 Å². The molecule has 2 rings (SSSR count). The summed E-state index contributed by atoms with van der Waals surface area (Å²) in [4.78, 5) is 22.7. The summed E-state index contributed by atoms with van der Waals surface area (Å²) in [5.41, 5.74) is 8.83. The highest BCUT2D eigenvalue weighted by atomic mass is 32.1. The van der Waals surface area contributed by atoms with Crippen LogP contribution in [-0.4, -0.2) is 17.0 Å². The lowest BCUT2D eigenvalue weighted by molar-refractivity contribution is -0.385. The van der Waals surface area contributed by atoms with Crippen molar-refractivity contribution in [2.75, 3.05) is 5.73 Å². The van der Waals surface area contributed by atoms with E-state index in [0.717, 1.165) is 11.3 Å². The molecule has 3 N–H and O–H groups in total. The topological polar surface area (TPSA) is 134 Å². The first kappa shape index (κ1) is 16.1. The Morgan fingerprint density at radius 1 is 1.52 bits per heavy atom. The molecule has 2 aromatic rings. The van der Waals surface area contributed by atoms with Crippen LogP contribution in [-0.2, 0) is 0 Å². The zero-order valence-corrected chi connectivity index (χ0v) is 12.8. The van der Waals surface area contributed by atoms with Gasteiger partial charge in [-0.05, 0) is 18.6 Å². The molecule has 23 heavy (non-hydrogen) atoms. The molecule has 1 amide bonds. The number of amides is 1. The molecule has 0 radical (unpaired) electrons. The van der Waals surface area contributed by atoms with Gasteiger partial charge in [-0.3, -0.25) is 14.9 Å². The Hall–Kier alpha value is -3.25. The van der Waals surface area contributed by atoms with Gasteiger partial charge < -0.3 is 5.73 Å². The minimum absolute atomic E-state index is 0.117. The largest absolute Gasteiger partial charge is 0.389 e. The highest BCUT2D eigenvalue weighted by Gasteiger charge is 2.18. The first-order valence-electron chi connectivity index (χ1n) is 6.31. The number of nitro groups is 1. The number of thiophene rings is 1. The monoisotopic (exact) mass is 329 g/mol. The van der Waals surface area contributed by atoms with Crippen LogP contribution in [0.15, 0.2) is 29.4 Å². The van der Waals surface area contributed by atoms with Gasteiger partial charge in [0, 0.05) is 6.07 Å². The minimum Gasteiger partial charge on any atom is -0.389 e. The molecule has 116 valence electrons. The summed E-state index contributed by atoms with van der Waals surface area (Å²) in [6.07, 6.45) is 1.19. The van der Waals surface area contributed by atoms with Crippen molar-refractivity contribution in [3.05, 3.63) is 55.9 Å². The smallest absolute Gasteiger partial charge is 0.281 e. The predicted octanol–water partition coefficient (Wildman–Crippen LogP) is 2.18. The first-order chi connectivity index (χ1) is 11.0. The second-order valence-corrected chi connectivity index (χ2v) is 5.47. The van der Waals surface area contributed by atoms with Crippen LogP contribution in [0.2, 0.25) is 0 Å². The van der Waals surface area contributed by atoms with Crippen molar-refractivity contribution < 1.29 is 9.72 Å². The average Bonchev–Trinajstić information content (AvgIpc) is 2.81. The van der Waals surface area contributed by atoms with E-state index >= 15 is 0 Å². The summed E-state index contributed by atoms with van der Waals surface area (Å²) in [5.74, 6) is -0.532. The molecular formula is C14H11N5O3S. The van der Waals surface area contributed by atoms with Crippen molar-refractivity contribution in [3.63, 3.8) is 0 Å². The number of nitrogens with zero attached hydrogens (tertiary/aromatic N) is 3. The maximum atomic E-state index is 12.0. The zero-order valence-electron chi connectivity index (χ0n) is 11.9. The van der Waals surface area contributed by atoms with Crippen molar-refractivity contribution in [1.29, 1.82) is 5.26 Å². The number of hydrogen-bond acceptors (Lipinski definition) is 7. The molecule has 0 saturated heterocycles. The van der Waals surface area contributed by atoms with Crippen molar-refractivity contribution in [2.24, 2.45) is 5.10 Å². The van der Waals surface area contributed by atoms with Gasteiger partial charge in [-0.25, -0.2) is 5.43 Å². The number of nitrogens with two attached hydrogens (primary N) is 1. The van der Waals surface area contributed by atoms with Gasteiger partial charge in [-0.15, -0.1) is 11.3 Å². The van der Waals surface area contributed by atoms with Crippen LogP contribution < -0.4 is 11.2 Å². The van der Waals surface area contributed by atoms with Crippen LogP contribution in [0, 0.1) is 28.4 Å². The highest BCUT2D eigenvalue weighted by Crippen LogP contribution is 2.29. The molecule has 1 aromatic carbocycles. The molecule has 1 aromatic heterocycles. The van der Waals surface area contributed by atoms with E-state index in [1.807, 2.05) is 6.07 Å². The lowest BCUT2D eigenvalue weighted by Crippen LogP contribution is -2.17. The van der Waals surface area contributed by atoms with E-state index in [-0.39, 0.29) is 26.7 Å². The molecule has 0 unspecified atom stereocenters. The maximum Gasteiger partial charge on any atom is 0.281 e. The van der Waals surface area contributed by atoms with Gasteiger partial charge in [-0.1, -0.05) is 12.1 Å². The minimum atomic E-state index is -0.535. The summed E-state index contributed by atoms with van der Waals surface area (Å²) < 4.78 is 0. The van der Waals surface area contributed by atoms with Gasteiger partial charge in [0.05, 0.1) is 22.3 Å². The SMILES string of the molecule is Cc1c(C(=O)NN=Cc2ccccc2[N+](=O)[O-])sc(N)c1C#N. The van der Waals surface area contributed by atoms with Crippen LogP contribution in [0.25, 0.3) is 0 Å². The number of anilines is 1. The Morgan fingerprint density at radius 2 is 2.22 bits per heavy atom. The third-order valence-electron chi connectivity index (χ3n) is 3.00. The van der Waals surface area contributed by atoms with E-state index in [2.05, 4.69) is 10.5 Å². The van der Waals surface area contributed by atoms with Gasteiger partial charge in [0.1, 0.15) is 15.9 Å². The molecule has 0 spiro atoms. The molecule has 1 heterocycles. The third kappa shape index (κ3) is 3.33. The number of benzene rings is 1. The van der Waals surface area contributed by atoms with E-state index < -0.39 is 10.8 Å². The normalized spacial score (nSPS) is 10.4. The average molecular weight is 329 g/mol. The Labute approximate surface area is 135 Å². The number of para-hydroxylation sites is 1. The number of hydrogen-bond donors (Lipinski definition) is 2.